The lowest BCUT2D eigenvalue weighted by molar-refractivity contribution is 0.411. The highest BCUT2D eigenvalue weighted by atomic mass is 16.3. The topological polar surface area (TPSA) is 26.0 Å². The minimum absolute atomic E-state index is 0.264. The minimum Gasteiger partial charge on any atom is -0.455 e. The molecule has 0 spiro atoms. The lowest BCUT2D eigenvalue weighted by Crippen LogP contribution is -2.08. The summed E-state index contributed by atoms with van der Waals surface area (Å²) >= 11 is 0. The Balaban J connectivity index is 1.76. The van der Waals surface area contributed by atoms with Crippen LogP contribution in [0.15, 0.2) is 71.3 Å². The first kappa shape index (κ1) is 17.9. The summed E-state index contributed by atoms with van der Waals surface area (Å²) in [6.07, 6.45) is 2.97. The van der Waals surface area contributed by atoms with Gasteiger partial charge in [-0.1, -0.05) is 57.2 Å². The molecule has 2 heteroatoms. The molecule has 3 aromatic carbocycles. The van der Waals surface area contributed by atoms with Gasteiger partial charge in [0.2, 0.25) is 0 Å². The predicted molar refractivity (Wildman–Crippen MR) is 122 cm³/mol. The van der Waals surface area contributed by atoms with Crippen molar-refractivity contribution in [1.82, 2.24) is 4.98 Å². The zero-order valence-corrected chi connectivity index (χ0v) is 17.4. The zero-order chi connectivity index (χ0) is 20.2. The van der Waals surface area contributed by atoms with E-state index in [9.17, 15) is 0 Å². The van der Waals surface area contributed by atoms with Gasteiger partial charge in [-0.2, -0.15) is 0 Å². The molecule has 0 bridgehead atoms. The van der Waals surface area contributed by atoms with E-state index in [4.69, 9.17) is 9.40 Å². The molecular weight excluding hydrogens is 354 g/mol. The average Bonchev–Trinajstić information content (AvgIpc) is 3.04. The van der Waals surface area contributed by atoms with Gasteiger partial charge in [0, 0.05) is 27.9 Å². The quantitative estimate of drug-likeness (QED) is 0.314. The molecule has 2 nitrogen and oxygen atoms in total. The van der Waals surface area contributed by atoms with E-state index in [-0.39, 0.29) is 5.41 Å². The summed E-state index contributed by atoms with van der Waals surface area (Å²) < 4.78 is 6.29. The van der Waals surface area contributed by atoms with E-state index in [1.807, 2.05) is 18.3 Å². The van der Waals surface area contributed by atoms with Gasteiger partial charge in [-0.15, -0.1) is 0 Å². The Morgan fingerprint density at radius 1 is 0.862 bits per heavy atom. The zero-order valence-electron chi connectivity index (χ0n) is 17.4. The van der Waals surface area contributed by atoms with Crippen LogP contribution in [0, 0.1) is 12.3 Å². The maximum atomic E-state index is 6.29. The molecule has 2 aromatic heterocycles. The fourth-order valence-corrected chi connectivity index (χ4v) is 4.31. The summed E-state index contributed by atoms with van der Waals surface area (Å²) in [6, 6.07) is 21.5. The van der Waals surface area contributed by atoms with E-state index in [0.29, 0.717) is 0 Å². The highest BCUT2D eigenvalue weighted by Gasteiger charge is 2.17. The predicted octanol–water partition coefficient (Wildman–Crippen LogP) is 7.70. The van der Waals surface area contributed by atoms with Crippen molar-refractivity contribution in [2.45, 2.75) is 34.1 Å². The summed E-state index contributed by atoms with van der Waals surface area (Å²) in [6.45, 7) is 8.97. The highest BCUT2D eigenvalue weighted by molar-refractivity contribution is 6.11. The Morgan fingerprint density at radius 3 is 2.52 bits per heavy atom. The van der Waals surface area contributed by atoms with Crippen molar-refractivity contribution < 1.29 is 4.42 Å². The summed E-state index contributed by atoms with van der Waals surface area (Å²) in [7, 11) is 0. The van der Waals surface area contributed by atoms with E-state index in [2.05, 4.69) is 76.2 Å². The molecule has 144 valence electrons. The van der Waals surface area contributed by atoms with Gasteiger partial charge >= 0.3 is 0 Å². The molecule has 0 aliphatic rings. The van der Waals surface area contributed by atoms with Crippen LogP contribution in [0.1, 0.15) is 31.9 Å². The fourth-order valence-electron chi connectivity index (χ4n) is 4.31. The van der Waals surface area contributed by atoms with Gasteiger partial charge in [0.1, 0.15) is 11.2 Å². The Morgan fingerprint density at radius 2 is 1.69 bits per heavy atom. The normalized spacial score (nSPS) is 12.3. The molecule has 0 amide bonds. The van der Waals surface area contributed by atoms with Crippen LogP contribution in [0.2, 0.25) is 0 Å². The van der Waals surface area contributed by atoms with E-state index >= 15 is 0 Å². The lowest BCUT2D eigenvalue weighted by atomic mass is 9.87. The highest BCUT2D eigenvalue weighted by Crippen LogP contribution is 2.38. The summed E-state index contributed by atoms with van der Waals surface area (Å²) in [5.74, 6) is 0. The first-order valence-corrected chi connectivity index (χ1v) is 10.2. The van der Waals surface area contributed by atoms with Gasteiger partial charge < -0.3 is 4.42 Å². The molecule has 0 saturated heterocycles. The smallest absolute Gasteiger partial charge is 0.144 e. The number of benzene rings is 3. The van der Waals surface area contributed by atoms with Gasteiger partial charge in [-0.25, -0.2) is 0 Å². The lowest BCUT2D eigenvalue weighted by Gasteiger charge is -2.18. The first-order chi connectivity index (χ1) is 13.9. The van der Waals surface area contributed by atoms with Crippen molar-refractivity contribution in [3.63, 3.8) is 0 Å². The van der Waals surface area contributed by atoms with Crippen molar-refractivity contribution in [3.8, 4) is 11.3 Å². The van der Waals surface area contributed by atoms with Crippen molar-refractivity contribution in [1.29, 1.82) is 0 Å². The van der Waals surface area contributed by atoms with Crippen LogP contribution in [-0.4, -0.2) is 4.98 Å². The molecule has 2 heterocycles. The molecule has 5 aromatic rings. The fraction of sp³-hybridized carbons (Fsp3) is 0.222. The molecule has 0 fully saturated rings. The number of furan rings is 1. The van der Waals surface area contributed by atoms with E-state index < -0.39 is 0 Å². The monoisotopic (exact) mass is 379 g/mol. The van der Waals surface area contributed by atoms with Gasteiger partial charge in [0.15, 0.2) is 0 Å². The Hall–Kier alpha value is -3.13. The van der Waals surface area contributed by atoms with Crippen LogP contribution >= 0.6 is 0 Å². The second-order valence-corrected chi connectivity index (χ2v) is 9.24. The maximum Gasteiger partial charge on any atom is 0.144 e. The number of pyridine rings is 1. The Kier molecular flexibility index (Phi) is 3.99. The summed E-state index contributed by atoms with van der Waals surface area (Å²) in [5.41, 5.74) is 6.71. The van der Waals surface area contributed by atoms with Gasteiger partial charge in [-0.3, -0.25) is 4.98 Å². The molecule has 29 heavy (non-hydrogen) atoms. The van der Waals surface area contributed by atoms with Crippen LogP contribution in [0.5, 0.6) is 0 Å². The Bertz CT molecular complexity index is 1370. The molecular formula is C27H25NO. The van der Waals surface area contributed by atoms with Crippen molar-refractivity contribution >= 4 is 32.7 Å². The first-order valence-electron chi connectivity index (χ1n) is 10.2. The minimum atomic E-state index is 0.264. The molecule has 0 N–H and O–H groups in total. The number of hydrogen-bond donors (Lipinski definition) is 0. The van der Waals surface area contributed by atoms with Crippen LogP contribution in [-0.2, 0) is 6.42 Å². The third kappa shape index (κ3) is 3.19. The summed E-state index contributed by atoms with van der Waals surface area (Å²) in [4.78, 5) is 4.78. The average molecular weight is 380 g/mol. The van der Waals surface area contributed by atoms with E-state index in [1.54, 1.807) is 0 Å². The largest absolute Gasteiger partial charge is 0.455 e. The van der Waals surface area contributed by atoms with Crippen molar-refractivity contribution in [3.05, 3.63) is 78.0 Å². The van der Waals surface area contributed by atoms with Crippen LogP contribution in [0.4, 0.5) is 0 Å². The maximum absolute atomic E-state index is 6.29. The molecule has 0 radical (unpaired) electrons. The second-order valence-electron chi connectivity index (χ2n) is 9.24. The third-order valence-electron chi connectivity index (χ3n) is 5.44. The molecule has 0 aliphatic heterocycles. The van der Waals surface area contributed by atoms with Crippen molar-refractivity contribution in [2.24, 2.45) is 5.41 Å². The third-order valence-corrected chi connectivity index (χ3v) is 5.44. The van der Waals surface area contributed by atoms with Gasteiger partial charge in [0.25, 0.3) is 0 Å². The Labute approximate surface area is 171 Å². The number of hydrogen-bond acceptors (Lipinski definition) is 2. The van der Waals surface area contributed by atoms with Crippen LogP contribution in [0.3, 0.4) is 0 Å². The van der Waals surface area contributed by atoms with E-state index in [0.717, 1.165) is 45.0 Å². The number of aryl methyl sites for hydroxylation is 1. The number of rotatable bonds is 2. The molecule has 0 aliphatic carbocycles. The number of aromatic nitrogens is 1. The number of fused-ring (bicyclic) bond motifs is 4. The molecule has 5 rings (SSSR count). The standard InChI is InChI=1S/C27H25NO/c1-17-13-22-21-7-5-6-8-24(21)29-26(22)23(14-17)25-20-10-9-18(16-27(2,3)4)15-19(20)11-12-28-25/h5-15H,16H2,1-4H3. The van der Waals surface area contributed by atoms with Crippen LogP contribution < -0.4 is 0 Å². The number of nitrogens with zero attached hydrogens (tertiary/aromatic N) is 1. The van der Waals surface area contributed by atoms with Gasteiger partial charge in [0.05, 0.1) is 5.69 Å². The SMILES string of the molecule is Cc1cc(-c2nccc3cc(CC(C)(C)C)ccc23)c2oc3ccccc3c2c1. The number of para-hydroxylation sites is 1. The van der Waals surface area contributed by atoms with Crippen LogP contribution in [0.25, 0.3) is 44.0 Å². The second kappa shape index (κ2) is 6.45. The molecule has 0 unspecified atom stereocenters. The van der Waals surface area contributed by atoms with Crippen molar-refractivity contribution in [2.75, 3.05) is 0 Å². The van der Waals surface area contributed by atoms with Gasteiger partial charge in [-0.05, 0) is 59.5 Å². The molecule has 0 saturated carbocycles. The summed E-state index contributed by atoms with van der Waals surface area (Å²) in [5, 5.41) is 4.69. The molecule has 0 atom stereocenters. The van der Waals surface area contributed by atoms with E-state index in [1.165, 1.54) is 16.5 Å².